The minimum atomic E-state index is 0.890. The molecule has 4 heteroatoms. The van der Waals surface area contributed by atoms with E-state index in [4.69, 9.17) is 9.40 Å². The van der Waals surface area contributed by atoms with Crippen LogP contribution in [0, 0.1) is 0 Å². The first-order chi connectivity index (χ1) is 15.3. The highest BCUT2D eigenvalue weighted by molar-refractivity contribution is 9.10. The van der Waals surface area contributed by atoms with Gasteiger partial charge in [0.05, 0.1) is 21.3 Å². The van der Waals surface area contributed by atoms with E-state index in [0.29, 0.717) is 0 Å². The third-order valence-corrected chi connectivity index (χ3v) is 7.66. The molecular weight excluding hydrogens is 466 g/mol. The largest absolute Gasteiger partial charge is 0.455 e. The summed E-state index contributed by atoms with van der Waals surface area (Å²) < 4.78 is 9.97. The molecular formula is C27H14BrNOS. The second-order valence-electron chi connectivity index (χ2n) is 7.71. The second kappa shape index (κ2) is 6.39. The van der Waals surface area contributed by atoms with E-state index in [9.17, 15) is 0 Å². The van der Waals surface area contributed by atoms with Gasteiger partial charge in [-0.1, -0.05) is 70.5 Å². The number of hydrogen-bond acceptors (Lipinski definition) is 3. The normalized spacial score (nSPS) is 12.0. The van der Waals surface area contributed by atoms with Gasteiger partial charge >= 0.3 is 0 Å². The van der Waals surface area contributed by atoms with Crippen molar-refractivity contribution in [2.24, 2.45) is 0 Å². The van der Waals surface area contributed by atoms with E-state index >= 15 is 0 Å². The summed E-state index contributed by atoms with van der Waals surface area (Å²) in [5.41, 5.74) is 4.85. The van der Waals surface area contributed by atoms with Crippen molar-refractivity contribution in [3.63, 3.8) is 0 Å². The maximum absolute atomic E-state index is 6.43. The predicted molar refractivity (Wildman–Crippen MR) is 135 cm³/mol. The molecule has 4 aromatic carbocycles. The summed E-state index contributed by atoms with van der Waals surface area (Å²) in [4.78, 5) is 5.28. The highest BCUT2D eigenvalue weighted by atomic mass is 79.9. The summed E-state index contributed by atoms with van der Waals surface area (Å²) in [7, 11) is 0. The van der Waals surface area contributed by atoms with E-state index in [1.165, 1.54) is 20.2 Å². The van der Waals surface area contributed by atoms with Gasteiger partial charge in [0, 0.05) is 36.3 Å². The van der Waals surface area contributed by atoms with Gasteiger partial charge in [0.15, 0.2) is 0 Å². The Balaban J connectivity index is 1.73. The maximum Gasteiger partial charge on any atom is 0.147 e. The van der Waals surface area contributed by atoms with Crippen LogP contribution in [-0.4, -0.2) is 4.98 Å². The van der Waals surface area contributed by atoms with E-state index in [2.05, 4.69) is 88.7 Å². The van der Waals surface area contributed by atoms with Crippen LogP contribution >= 0.6 is 27.3 Å². The van der Waals surface area contributed by atoms with Crippen molar-refractivity contribution in [1.82, 2.24) is 4.98 Å². The Morgan fingerprint density at radius 3 is 2.32 bits per heavy atom. The maximum atomic E-state index is 6.43. The number of hydrogen-bond donors (Lipinski definition) is 0. The van der Waals surface area contributed by atoms with Crippen molar-refractivity contribution >= 4 is 80.3 Å². The van der Waals surface area contributed by atoms with Crippen molar-refractivity contribution in [3.8, 4) is 11.3 Å². The van der Waals surface area contributed by atoms with E-state index in [-0.39, 0.29) is 0 Å². The van der Waals surface area contributed by atoms with Crippen molar-refractivity contribution in [3.05, 3.63) is 89.4 Å². The molecule has 0 N–H and O–H groups in total. The average Bonchev–Trinajstić information content (AvgIpc) is 3.38. The lowest BCUT2D eigenvalue weighted by Crippen LogP contribution is -1.88. The molecule has 0 atom stereocenters. The van der Waals surface area contributed by atoms with Crippen molar-refractivity contribution in [2.75, 3.05) is 0 Å². The number of rotatable bonds is 1. The lowest BCUT2D eigenvalue weighted by atomic mass is 10.0. The first-order valence-electron chi connectivity index (χ1n) is 10.1. The van der Waals surface area contributed by atoms with Gasteiger partial charge in [0.2, 0.25) is 0 Å². The number of halogens is 1. The summed E-state index contributed by atoms with van der Waals surface area (Å²) in [6.45, 7) is 0. The zero-order valence-corrected chi connectivity index (χ0v) is 18.6. The number of furan rings is 1. The lowest BCUT2D eigenvalue weighted by molar-refractivity contribution is 0.672. The van der Waals surface area contributed by atoms with Crippen molar-refractivity contribution in [1.29, 1.82) is 0 Å². The summed E-state index contributed by atoms with van der Waals surface area (Å²) >= 11 is 5.36. The zero-order chi connectivity index (χ0) is 20.5. The van der Waals surface area contributed by atoms with Crippen LogP contribution in [0.5, 0.6) is 0 Å². The molecule has 0 aliphatic carbocycles. The third-order valence-electron chi connectivity index (χ3n) is 5.94. The Hall–Kier alpha value is -3.21. The molecule has 0 amide bonds. The molecule has 3 aromatic heterocycles. The van der Waals surface area contributed by atoms with E-state index in [1.54, 1.807) is 11.3 Å². The first kappa shape index (κ1) is 17.5. The number of aromatic nitrogens is 1. The molecule has 146 valence electrons. The Morgan fingerprint density at radius 1 is 0.710 bits per heavy atom. The van der Waals surface area contributed by atoms with E-state index in [1.807, 2.05) is 12.1 Å². The summed E-state index contributed by atoms with van der Waals surface area (Å²) in [5.74, 6) is 0. The zero-order valence-electron chi connectivity index (χ0n) is 16.2. The summed E-state index contributed by atoms with van der Waals surface area (Å²) in [6.07, 6.45) is 0. The number of nitrogens with zero attached hydrogens (tertiary/aromatic N) is 1. The Kier molecular flexibility index (Phi) is 3.60. The predicted octanol–water partition coefficient (Wildman–Crippen LogP) is 8.93. The highest BCUT2D eigenvalue weighted by Gasteiger charge is 2.20. The fourth-order valence-electron chi connectivity index (χ4n) is 4.52. The first-order valence-corrected chi connectivity index (χ1v) is 11.7. The number of fused-ring (bicyclic) bond motifs is 9. The van der Waals surface area contributed by atoms with Crippen LogP contribution in [0.3, 0.4) is 0 Å². The molecule has 0 saturated heterocycles. The Morgan fingerprint density at radius 2 is 1.45 bits per heavy atom. The van der Waals surface area contributed by atoms with Crippen LogP contribution < -0.4 is 0 Å². The highest BCUT2D eigenvalue weighted by Crippen LogP contribution is 2.44. The molecule has 0 aliphatic heterocycles. The van der Waals surface area contributed by atoms with Gasteiger partial charge < -0.3 is 4.42 Å². The van der Waals surface area contributed by atoms with Crippen LogP contribution in [0.2, 0.25) is 0 Å². The SMILES string of the molecule is Brc1ccc(-c2nc3c(ccc4c5ccccc5sc43)c3oc4ccccc4c23)cc1. The van der Waals surface area contributed by atoms with Gasteiger partial charge in [-0.05, 0) is 30.3 Å². The van der Waals surface area contributed by atoms with Gasteiger partial charge in [-0.25, -0.2) is 4.98 Å². The van der Waals surface area contributed by atoms with Gasteiger partial charge in [-0.15, -0.1) is 11.3 Å². The van der Waals surface area contributed by atoms with Crippen LogP contribution in [0.25, 0.3) is 64.3 Å². The summed E-state index contributed by atoms with van der Waals surface area (Å²) in [6, 6.07) is 29.5. The van der Waals surface area contributed by atoms with Gasteiger partial charge in [0.25, 0.3) is 0 Å². The Bertz CT molecular complexity index is 1790. The van der Waals surface area contributed by atoms with E-state index < -0.39 is 0 Å². The van der Waals surface area contributed by atoms with Gasteiger partial charge in [0.1, 0.15) is 11.2 Å². The van der Waals surface area contributed by atoms with Gasteiger partial charge in [-0.3, -0.25) is 0 Å². The monoisotopic (exact) mass is 479 g/mol. The summed E-state index contributed by atoms with van der Waals surface area (Å²) in [5, 5.41) is 5.76. The van der Waals surface area contributed by atoms with Crippen LogP contribution in [0.1, 0.15) is 0 Å². The lowest BCUT2D eigenvalue weighted by Gasteiger charge is -2.08. The van der Waals surface area contributed by atoms with Crippen molar-refractivity contribution in [2.45, 2.75) is 0 Å². The Labute approximate surface area is 189 Å². The fourth-order valence-corrected chi connectivity index (χ4v) is 5.98. The van der Waals surface area contributed by atoms with Crippen LogP contribution in [0.15, 0.2) is 93.8 Å². The average molecular weight is 480 g/mol. The molecule has 0 spiro atoms. The molecule has 3 heterocycles. The van der Waals surface area contributed by atoms with Gasteiger partial charge in [-0.2, -0.15) is 0 Å². The fraction of sp³-hybridized carbons (Fsp3) is 0. The third kappa shape index (κ3) is 2.46. The van der Waals surface area contributed by atoms with Crippen LogP contribution in [-0.2, 0) is 0 Å². The molecule has 2 nitrogen and oxygen atoms in total. The second-order valence-corrected chi connectivity index (χ2v) is 9.67. The molecule has 7 rings (SSSR count). The minimum Gasteiger partial charge on any atom is -0.455 e. The molecule has 31 heavy (non-hydrogen) atoms. The smallest absolute Gasteiger partial charge is 0.147 e. The van der Waals surface area contributed by atoms with E-state index in [0.717, 1.165) is 48.6 Å². The molecule has 0 saturated carbocycles. The molecule has 0 aliphatic rings. The minimum absolute atomic E-state index is 0.890. The molecule has 0 radical (unpaired) electrons. The molecule has 0 bridgehead atoms. The quantitative estimate of drug-likeness (QED) is 0.234. The number of para-hydroxylation sites is 1. The number of pyridine rings is 1. The standard InChI is InChI=1S/C27H14BrNOS/c28-16-11-9-15(10-12-16)24-23-19-6-1-3-7-21(19)30-26(23)20-14-13-18-17-5-2-4-8-22(17)31-27(18)25(20)29-24/h1-14H. The van der Waals surface area contributed by atoms with Crippen molar-refractivity contribution < 1.29 is 4.42 Å². The topological polar surface area (TPSA) is 26.0 Å². The molecule has 7 aromatic rings. The molecule has 0 unspecified atom stereocenters. The number of thiophene rings is 1. The molecule has 0 fully saturated rings. The number of benzene rings is 4. The van der Waals surface area contributed by atoms with Crippen LogP contribution in [0.4, 0.5) is 0 Å².